The Bertz CT molecular complexity index is 1130. The van der Waals surface area contributed by atoms with Crippen LogP contribution in [-0.4, -0.2) is 76.0 Å². The van der Waals surface area contributed by atoms with Gasteiger partial charge in [0.25, 0.3) is 0 Å². The standard InChI is InChI=1S/C28H40N2O8S/c1-5-6-10-17-30(39(34,35)24-15-13-23(36-3)14-16-24)19-26(31)25(18-22-11-8-7-9-12-22)29-28(33)38-20-21(2)27(32)37-4/h7-9,11-16,21,25-26,31H,5-6,10,17-20H2,1-4H3,(H,29,33)/t21-,25+,26-/m1/s1. The van der Waals surface area contributed by atoms with Crippen molar-refractivity contribution in [1.29, 1.82) is 0 Å². The molecule has 0 aliphatic carbocycles. The number of esters is 1. The van der Waals surface area contributed by atoms with Crippen LogP contribution in [-0.2, 0) is 30.7 Å². The molecule has 0 aromatic heterocycles. The fraction of sp³-hybridized carbons (Fsp3) is 0.500. The Kier molecular flexibility index (Phi) is 13.2. The van der Waals surface area contributed by atoms with Gasteiger partial charge in [-0.1, -0.05) is 50.1 Å². The number of amides is 1. The number of hydrogen-bond acceptors (Lipinski definition) is 8. The molecule has 2 aromatic carbocycles. The summed E-state index contributed by atoms with van der Waals surface area (Å²) in [7, 11) is -1.20. The third-order valence-electron chi connectivity index (χ3n) is 6.23. The van der Waals surface area contributed by atoms with Crippen LogP contribution in [0, 0.1) is 5.92 Å². The van der Waals surface area contributed by atoms with Gasteiger partial charge in [0.05, 0.1) is 37.2 Å². The van der Waals surface area contributed by atoms with E-state index in [1.54, 1.807) is 19.1 Å². The summed E-state index contributed by atoms with van der Waals surface area (Å²) in [4.78, 5) is 24.3. The quantitative estimate of drug-likeness (QED) is 0.234. The molecule has 2 N–H and O–H groups in total. The predicted molar refractivity (Wildman–Crippen MR) is 147 cm³/mol. The number of carbonyl (C=O) groups excluding carboxylic acids is 2. The van der Waals surface area contributed by atoms with E-state index in [9.17, 15) is 23.1 Å². The van der Waals surface area contributed by atoms with Crippen molar-refractivity contribution in [2.24, 2.45) is 5.92 Å². The molecule has 0 aliphatic rings. The molecule has 0 radical (unpaired) electrons. The van der Waals surface area contributed by atoms with Crippen LogP contribution in [0.5, 0.6) is 5.75 Å². The maximum Gasteiger partial charge on any atom is 0.407 e. The van der Waals surface area contributed by atoms with Gasteiger partial charge in [-0.05, 0) is 49.6 Å². The number of unbranched alkanes of at least 4 members (excludes halogenated alkanes) is 2. The number of methoxy groups -OCH3 is 2. The zero-order chi connectivity index (χ0) is 28.8. The molecule has 2 aromatic rings. The monoisotopic (exact) mass is 564 g/mol. The van der Waals surface area contributed by atoms with Gasteiger partial charge in [0.15, 0.2) is 0 Å². The van der Waals surface area contributed by atoms with Crippen molar-refractivity contribution in [2.75, 3.05) is 33.9 Å². The highest BCUT2D eigenvalue weighted by molar-refractivity contribution is 7.89. The van der Waals surface area contributed by atoms with E-state index in [0.29, 0.717) is 12.2 Å². The molecule has 0 spiro atoms. The first-order chi connectivity index (χ1) is 18.6. The number of alkyl carbamates (subject to hydrolysis) is 1. The third kappa shape index (κ3) is 10.2. The van der Waals surface area contributed by atoms with Crippen LogP contribution >= 0.6 is 0 Å². The second-order valence-corrected chi connectivity index (χ2v) is 11.2. The minimum Gasteiger partial charge on any atom is -0.497 e. The van der Waals surface area contributed by atoms with Crippen molar-refractivity contribution in [3.8, 4) is 5.75 Å². The van der Waals surface area contributed by atoms with Crippen molar-refractivity contribution >= 4 is 22.1 Å². The van der Waals surface area contributed by atoms with Gasteiger partial charge < -0.3 is 24.6 Å². The number of carbonyl (C=O) groups is 2. The number of rotatable bonds is 16. The molecular weight excluding hydrogens is 524 g/mol. The summed E-state index contributed by atoms with van der Waals surface area (Å²) in [5.41, 5.74) is 0.834. The minimum absolute atomic E-state index is 0.0794. The van der Waals surface area contributed by atoms with Gasteiger partial charge in [0.1, 0.15) is 12.4 Å². The number of aliphatic hydroxyl groups is 1. The van der Waals surface area contributed by atoms with Crippen LogP contribution in [0.1, 0.15) is 38.7 Å². The Morgan fingerprint density at radius 2 is 1.69 bits per heavy atom. The summed E-state index contributed by atoms with van der Waals surface area (Å²) in [6.07, 6.45) is 0.471. The number of nitrogens with one attached hydrogen (secondary N) is 1. The van der Waals surface area contributed by atoms with Crippen molar-refractivity contribution in [2.45, 2.75) is 56.6 Å². The Morgan fingerprint density at radius 1 is 1.03 bits per heavy atom. The average Bonchev–Trinajstić information content (AvgIpc) is 2.95. The number of aliphatic hydroxyl groups excluding tert-OH is 1. The van der Waals surface area contributed by atoms with E-state index in [-0.39, 0.29) is 31.0 Å². The minimum atomic E-state index is -3.95. The van der Waals surface area contributed by atoms with Gasteiger partial charge in [-0.3, -0.25) is 4.79 Å². The molecule has 1 amide bonds. The number of benzene rings is 2. The molecule has 10 nitrogen and oxygen atoms in total. The first-order valence-corrected chi connectivity index (χ1v) is 14.4. The van der Waals surface area contributed by atoms with Gasteiger partial charge in [0, 0.05) is 13.1 Å². The first-order valence-electron chi connectivity index (χ1n) is 13.0. The average molecular weight is 565 g/mol. The van der Waals surface area contributed by atoms with Crippen molar-refractivity contribution in [3.63, 3.8) is 0 Å². The topological polar surface area (TPSA) is 131 Å². The van der Waals surface area contributed by atoms with Gasteiger partial charge in [-0.2, -0.15) is 4.31 Å². The smallest absolute Gasteiger partial charge is 0.407 e. The predicted octanol–water partition coefficient (Wildman–Crippen LogP) is 3.38. The highest BCUT2D eigenvalue weighted by Gasteiger charge is 2.31. The summed E-state index contributed by atoms with van der Waals surface area (Å²) in [6, 6.07) is 14.4. The van der Waals surface area contributed by atoms with E-state index in [2.05, 4.69) is 10.1 Å². The lowest BCUT2D eigenvalue weighted by Crippen LogP contribution is -2.51. The van der Waals surface area contributed by atoms with Crippen molar-refractivity contribution < 1.29 is 37.3 Å². The normalized spacial score (nSPS) is 13.8. The van der Waals surface area contributed by atoms with E-state index in [1.807, 2.05) is 37.3 Å². The molecule has 11 heteroatoms. The molecule has 0 fully saturated rings. The van der Waals surface area contributed by atoms with Crippen molar-refractivity contribution in [3.05, 3.63) is 60.2 Å². The molecular formula is C28H40N2O8S. The third-order valence-corrected chi connectivity index (χ3v) is 8.11. The zero-order valence-corrected chi connectivity index (χ0v) is 23.9. The van der Waals surface area contributed by atoms with Crippen LogP contribution in [0.3, 0.4) is 0 Å². The summed E-state index contributed by atoms with van der Waals surface area (Å²) in [5, 5.41) is 13.9. The number of hydrogen-bond donors (Lipinski definition) is 2. The fourth-order valence-electron chi connectivity index (χ4n) is 3.89. The van der Waals surface area contributed by atoms with Crippen LogP contribution in [0.25, 0.3) is 0 Å². The Hall–Kier alpha value is -3.15. The van der Waals surface area contributed by atoms with Crippen LogP contribution in [0.4, 0.5) is 4.79 Å². The van der Waals surface area contributed by atoms with Gasteiger partial charge in [-0.25, -0.2) is 13.2 Å². The molecule has 0 bridgehead atoms. The van der Waals surface area contributed by atoms with Crippen LogP contribution in [0.2, 0.25) is 0 Å². The number of sulfonamides is 1. The van der Waals surface area contributed by atoms with E-state index in [1.165, 1.54) is 30.7 Å². The van der Waals surface area contributed by atoms with Crippen LogP contribution < -0.4 is 10.1 Å². The summed E-state index contributed by atoms with van der Waals surface area (Å²) in [6.45, 7) is 3.34. The summed E-state index contributed by atoms with van der Waals surface area (Å²) in [5.74, 6) is -0.657. The summed E-state index contributed by atoms with van der Waals surface area (Å²) < 4.78 is 43.3. The second-order valence-electron chi connectivity index (χ2n) is 9.28. The van der Waals surface area contributed by atoms with E-state index >= 15 is 0 Å². The number of nitrogens with zero attached hydrogens (tertiary/aromatic N) is 1. The zero-order valence-electron chi connectivity index (χ0n) is 23.0. The lowest BCUT2D eigenvalue weighted by atomic mass is 10.0. The van der Waals surface area contributed by atoms with Gasteiger partial charge in [-0.15, -0.1) is 0 Å². The van der Waals surface area contributed by atoms with Gasteiger partial charge in [0.2, 0.25) is 10.0 Å². The molecule has 0 aliphatic heterocycles. The second kappa shape index (κ2) is 16.1. The van der Waals surface area contributed by atoms with E-state index in [0.717, 1.165) is 18.4 Å². The maximum absolute atomic E-state index is 13.6. The van der Waals surface area contributed by atoms with Crippen molar-refractivity contribution in [1.82, 2.24) is 9.62 Å². The SMILES string of the molecule is CCCCCN(C[C@@H](O)[C@H](Cc1ccccc1)NC(=O)OC[C@@H](C)C(=O)OC)S(=O)(=O)c1ccc(OC)cc1. The largest absolute Gasteiger partial charge is 0.497 e. The Balaban J connectivity index is 2.25. The Labute approximate surface area is 231 Å². The molecule has 0 unspecified atom stereocenters. The highest BCUT2D eigenvalue weighted by atomic mass is 32.2. The maximum atomic E-state index is 13.6. The van der Waals surface area contributed by atoms with E-state index < -0.39 is 40.1 Å². The highest BCUT2D eigenvalue weighted by Crippen LogP contribution is 2.21. The van der Waals surface area contributed by atoms with Gasteiger partial charge >= 0.3 is 12.1 Å². The molecule has 0 saturated heterocycles. The van der Waals surface area contributed by atoms with Crippen LogP contribution in [0.15, 0.2) is 59.5 Å². The fourth-order valence-corrected chi connectivity index (χ4v) is 5.39. The Morgan fingerprint density at radius 3 is 2.28 bits per heavy atom. The molecule has 39 heavy (non-hydrogen) atoms. The molecule has 3 atom stereocenters. The first kappa shape index (κ1) is 32.1. The lowest BCUT2D eigenvalue weighted by Gasteiger charge is -2.30. The molecule has 2 rings (SSSR count). The molecule has 216 valence electrons. The molecule has 0 saturated carbocycles. The number of ether oxygens (including phenoxy) is 3. The molecule has 0 heterocycles. The lowest BCUT2D eigenvalue weighted by molar-refractivity contribution is -0.146. The summed E-state index contributed by atoms with van der Waals surface area (Å²) >= 11 is 0. The van der Waals surface area contributed by atoms with E-state index in [4.69, 9.17) is 9.47 Å².